The van der Waals surface area contributed by atoms with E-state index in [0.29, 0.717) is 0 Å². The molecule has 0 saturated heterocycles. The normalized spacial score (nSPS) is 17.6. The van der Waals surface area contributed by atoms with Gasteiger partial charge in [-0.25, -0.2) is 0 Å². The van der Waals surface area contributed by atoms with E-state index in [2.05, 4.69) is 71.0 Å². The first-order valence-corrected chi connectivity index (χ1v) is 12.5. The zero-order valence-electron chi connectivity index (χ0n) is 20.2. The van der Waals surface area contributed by atoms with Gasteiger partial charge in [0.2, 0.25) is 0 Å². The van der Waals surface area contributed by atoms with Crippen molar-refractivity contribution in [1.29, 1.82) is 0 Å². The fourth-order valence-electron chi connectivity index (χ4n) is 4.69. The van der Waals surface area contributed by atoms with Gasteiger partial charge in [0.05, 0.1) is 19.8 Å². The average molecular weight is 449 g/mol. The van der Waals surface area contributed by atoms with Gasteiger partial charge in [0.1, 0.15) is 23.1 Å². The molecule has 0 radical (unpaired) electrons. The monoisotopic (exact) mass is 448 g/mol. The molecule has 0 spiro atoms. The van der Waals surface area contributed by atoms with Gasteiger partial charge < -0.3 is 14.2 Å². The summed E-state index contributed by atoms with van der Waals surface area (Å²) in [6.45, 7) is 11.4. The lowest BCUT2D eigenvalue weighted by Gasteiger charge is -2.33. The quantitative estimate of drug-likeness (QED) is 0.399. The molecule has 0 aliphatic carbocycles. The van der Waals surface area contributed by atoms with E-state index in [4.69, 9.17) is 14.2 Å². The van der Waals surface area contributed by atoms with Crippen molar-refractivity contribution in [2.24, 2.45) is 0 Å². The molecule has 2 atom stereocenters. The smallest absolute Gasteiger partial charge is 0.130 e. The summed E-state index contributed by atoms with van der Waals surface area (Å²) >= 11 is 0. The van der Waals surface area contributed by atoms with Gasteiger partial charge in [-0.3, -0.25) is 0 Å². The van der Waals surface area contributed by atoms with Crippen molar-refractivity contribution in [3.8, 4) is 28.4 Å². The lowest BCUT2D eigenvalue weighted by molar-refractivity contribution is 0.293. The summed E-state index contributed by atoms with van der Waals surface area (Å²) in [6.07, 6.45) is 0.909. The van der Waals surface area contributed by atoms with Gasteiger partial charge in [-0.05, 0) is 56.3 Å². The third-order valence-corrected chi connectivity index (χ3v) is 9.36. The van der Waals surface area contributed by atoms with Crippen LogP contribution in [0.4, 0.5) is 0 Å². The lowest BCUT2D eigenvalue weighted by atomic mass is 10.0. The topological polar surface area (TPSA) is 27.7 Å². The number of benzene rings is 3. The summed E-state index contributed by atoms with van der Waals surface area (Å²) in [5, 5.41) is 1.39. The fraction of sp³-hybridized carbons (Fsp3) is 0.357. The number of fused-ring (bicyclic) bond motifs is 1. The number of hydrogen-bond acceptors (Lipinski definition) is 3. The summed E-state index contributed by atoms with van der Waals surface area (Å²) in [6, 6.07) is 19.1. The summed E-state index contributed by atoms with van der Waals surface area (Å²) < 4.78 is 18.2. The van der Waals surface area contributed by atoms with E-state index in [1.807, 2.05) is 18.2 Å². The standard InChI is InChI=1S/C28H33O3P/c1-18-14-15-20(19(2)16-18)17-25-31-24-13-8-10-21(27(24)32(25)28(3,4)5)26-22(29-6)11-9-12-23(26)30-7/h8-16,25H,17H2,1-7H3/t25-,32-/m1/s1. The average Bonchev–Trinajstić information content (AvgIpc) is 3.13. The van der Waals surface area contributed by atoms with Gasteiger partial charge in [0.15, 0.2) is 0 Å². The Morgan fingerprint density at radius 3 is 2.16 bits per heavy atom. The predicted octanol–water partition coefficient (Wildman–Crippen LogP) is 6.85. The van der Waals surface area contributed by atoms with Crippen LogP contribution in [0, 0.1) is 13.8 Å². The zero-order valence-corrected chi connectivity index (χ0v) is 21.0. The van der Waals surface area contributed by atoms with Crippen LogP contribution in [0.3, 0.4) is 0 Å². The molecule has 0 fully saturated rings. The van der Waals surface area contributed by atoms with Crippen molar-refractivity contribution in [3.63, 3.8) is 0 Å². The zero-order chi connectivity index (χ0) is 23.0. The second-order valence-electron chi connectivity index (χ2n) is 9.44. The van der Waals surface area contributed by atoms with Crippen LogP contribution in [0.2, 0.25) is 0 Å². The van der Waals surface area contributed by atoms with E-state index in [1.54, 1.807) is 14.2 Å². The van der Waals surface area contributed by atoms with E-state index in [-0.39, 0.29) is 11.0 Å². The molecule has 3 nitrogen and oxygen atoms in total. The minimum Gasteiger partial charge on any atom is -0.496 e. The molecule has 32 heavy (non-hydrogen) atoms. The maximum absolute atomic E-state index is 6.69. The van der Waals surface area contributed by atoms with E-state index in [0.717, 1.165) is 34.8 Å². The first-order chi connectivity index (χ1) is 15.2. The van der Waals surface area contributed by atoms with Crippen molar-refractivity contribution in [1.82, 2.24) is 0 Å². The molecular weight excluding hydrogens is 415 g/mol. The van der Waals surface area contributed by atoms with Crippen molar-refractivity contribution in [2.75, 3.05) is 14.2 Å². The van der Waals surface area contributed by atoms with E-state index < -0.39 is 7.92 Å². The lowest BCUT2D eigenvalue weighted by Crippen LogP contribution is -2.26. The highest BCUT2D eigenvalue weighted by atomic mass is 31.1. The van der Waals surface area contributed by atoms with Crippen molar-refractivity contribution >= 4 is 13.2 Å². The molecule has 0 unspecified atom stereocenters. The molecule has 0 bridgehead atoms. The molecule has 1 heterocycles. The summed E-state index contributed by atoms with van der Waals surface area (Å²) in [5.74, 6) is 2.76. The molecule has 3 aromatic carbocycles. The molecule has 1 aliphatic rings. The largest absolute Gasteiger partial charge is 0.496 e. The first kappa shape index (κ1) is 22.7. The van der Waals surface area contributed by atoms with Crippen LogP contribution in [0.1, 0.15) is 37.5 Å². The van der Waals surface area contributed by atoms with Crippen LogP contribution < -0.4 is 19.5 Å². The van der Waals surface area contributed by atoms with Crippen LogP contribution in [0.15, 0.2) is 54.6 Å². The van der Waals surface area contributed by atoms with Crippen LogP contribution in [-0.4, -0.2) is 25.2 Å². The molecule has 168 valence electrons. The summed E-state index contributed by atoms with van der Waals surface area (Å²) in [4.78, 5) is 0. The third-order valence-electron chi connectivity index (χ3n) is 6.10. The summed E-state index contributed by atoms with van der Waals surface area (Å²) in [7, 11) is 2.81. The summed E-state index contributed by atoms with van der Waals surface area (Å²) in [5.41, 5.74) is 6.15. The van der Waals surface area contributed by atoms with Gasteiger partial charge in [0.25, 0.3) is 0 Å². The molecule has 0 saturated carbocycles. The van der Waals surface area contributed by atoms with Crippen molar-refractivity contribution < 1.29 is 14.2 Å². The second kappa shape index (κ2) is 8.79. The second-order valence-corrected chi connectivity index (χ2v) is 12.5. The van der Waals surface area contributed by atoms with Gasteiger partial charge >= 0.3 is 0 Å². The Balaban J connectivity index is 1.86. The Hall–Kier alpha value is -2.51. The molecule has 0 aromatic heterocycles. The van der Waals surface area contributed by atoms with E-state index >= 15 is 0 Å². The molecule has 4 rings (SSSR count). The minimum absolute atomic E-state index is 0.0786. The van der Waals surface area contributed by atoms with E-state index in [1.165, 1.54) is 22.0 Å². The molecular formula is C28H33O3P. The molecule has 4 heteroatoms. The Morgan fingerprint density at radius 2 is 1.56 bits per heavy atom. The van der Waals surface area contributed by atoms with Crippen LogP contribution in [0.25, 0.3) is 11.1 Å². The number of hydrogen-bond donors (Lipinski definition) is 0. The van der Waals surface area contributed by atoms with Crippen LogP contribution in [0.5, 0.6) is 17.2 Å². The van der Waals surface area contributed by atoms with Gasteiger partial charge in [0, 0.05) is 17.3 Å². The predicted molar refractivity (Wildman–Crippen MR) is 135 cm³/mol. The minimum atomic E-state index is -0.622. The van der Waals surface area contributed by atoms with Gasteiger partial charge in [-0.1, -0.05) is 62.7 Å². The Labute approximate surface area is 193 Å². The highest BCUT2D eigenvalue weighted by molar-refractivity contribution is 7.68. The SMILES string of the molecule is COc1cccc(OC)c1-c1cccc2c1[P@](C(C)(C)C)[C@H](Cc1ccc(C)cc1C)O2. The Morgan fingerprint density at radius 1 is 0.906 bits per heavy atom. The molecule has 0 amide bonds. The maximum Gasteiger partial charge on any atom is 0.130 e. The highest BCUT2D eigenvalue weighted by Gasteiger charge is 2.43. The van der Waals surface area contributed by atoms with Crippen LogP contribution >= 0.6 is 7.92 Å². The molecule has 0 N–H and O–H groups in total. The maximum atomic E-state index is 6.69. The fourth-order valence-corrected chi connectivity index (χ4v) is 7.92. The van der Waals surface area contributed by atoms with Crippen LogP contribution in [-0.2, 0) is 6.42 Å². The number of rotatable bonds is 5. The third kappa shape index (κ3) is 4.11. The number of methoxy groups -OCH3 is 2. The van der Waals surface area contributed by atoms with Gasteiger partial charge in [-0.15, -0.1) is 0 Å². The molecule has 3 aromatic rings. The Bertz CT molecular complexity index is 1110. The van der Waals surface area contributed by atoms with Gasteiger partial charge in [-0.2, -0.15) is 0 Å². The molecule has 1 aliphatic heterocycles. The van der Waals surface area contributed by atoms with E-state index in [9.17, 15) is 0 Å². The van der Waals surface area contributed by atoms with Crippen molar-refractivity contribution in [2.45, 2.75) is 52.0 Å². The first-order valence-electron chi connectivity index (χ1n) is 11.1. The Kier molecular flexibility index (Phi) is 6.23. The number of ether oxygens (including phenoxy) is 3. The number of aryl methyl sites for hydroxylation is 2. The highest BCUT2D eigenvalue weighted by Crippen LogP contribution is 2.61. The van der Waals surface area contributed by atoms with Crippen molar-refractivity contribution in [3.05, 3.63) is 71.3 Å².